The number of carbonyl (C=O) groups excluding carboxylic acids is 2. The van der Waals surface area contributed by atoms with Crippen molar-refractivity contribution in [2.24, 2.45) is 5.73 Å². The van der Waals surface area contributed by atoms with E-state index in [2.05, 4.69) is 15.6 Å². The van der Waals surface area contributed by atoms with Crippen molar-refractivity contribution in [2.75, 3.05) is 6.54 Å². The lowest BCUT2D eigenvalue weighted by molar-refractivity contribution is -0.137. The van der Waals surface area contributed by atoms with Gasteiger partial charge in [0, 0.05) is 6.54 Å². The lowest BCUT2D eigenvalue weighted by Crippen LogP contribution is -2.37. The van der Waals surface area contributed by atoms with Crippen LogP contribution in [0.25, 0.3) is 0 Å². The Kier molecular flexibility index (Phi) is 6.14. The Balaban J connectivity index is 2.81. The monoisotopic (exact) mass is 310 g/mol. The van der Waals surface area contributed by atoms with Crippen LogP contribution in [0.1, 0.15) is 23.1 Å². The summed E-state index contributed by atoms with van der Waals surface area (Å²) < 4.78 is 13.3. The highest BCUT2D eigenvalue weighted by atomic mass is 19.1. The van der Waals surface area contributed by atoms with E-state index in [1.807, 2.05) is 0 Å². The van der Waals surface area contributed by atoms with E-state index in [0.717, 1.165) is 12.1 Å². The van der Waals surface area contributed by atoms with E-state index in [1.165, 1.54) is 13.0 Å². The molecule has 0 saturated heterocycles. The molecular formula is C13H15FN4O4. The SMILES string of the molecule is C/C=C(\NC(=O)c1ccc(F)c(CN)n1)C(=O)NCC(=O)O. The molecule has 1 aromatic heterocycles. The van der Waals surface area contributed by atoms with E-state index >= 15 is 0 Å². The number of hydrogen-bond acceptors (Lipinski definition) is 5. The molecule has 2 amide bonds. The van der Waals surface area contributed by atoms with Crippen LogP contribution in [-0.4, -0.2) is 34.4 Å². The van der Waals surface area contributed by atoms with Crippen molar-refractivity contribution < 1.29 is 23.9 Å². The summed E-state index contributed by atoms with van der Waals surface area (Å²) in [4.78, 5) is 37.8. The van der Waals surface area contributed by atoms with E-state index in [-0.39, 0.29) is 23.6 Å². The fraction of sp³-hybridized carbons (Fsp3) is 0.231. The van der Waals surface area contributed by atoms with Gasteiger partial charge in [0.05, 0.1) is 5.69 Å². The molecule has 0 aliphatic heterocycles. The molecule has 0 aromatic carbocycles. The number of rotatable bonds is 6. The lowest BCUT2D eigenvalue weighted by Gasteiger charge is -2.09. The summed E-state index contributed by atoms with van der Waals surface area (Å²) in [6.07, 6.45) is 1.29. The summed E-state index contributed by atoms with van der Waals surface area (Å²) in [5.74, 6) is -3.36. The minimum absolute atomic E-state index is 0.0787. The fourth-order valence-electron chi connectivity index (χ4n) is 1.45. The fourth-order valence-corrected chi connectivity index (χ4v) is 1.45. The average Bonchev–Trinajstić information content (AvgIpc) is 2.50. The first kappa shape index (κ1) is 17.2. The predicted molar refractivity (Wildman–Crippen MR) is 74.0 cm³/mol. The molecule has 1 aromatic rings. The quantitative estimate of drug-likeness (QED) is 0.524. The van der Waals surface area contributed by atoms with Gasteiger partial charge in [-0.3, -0.25) is 14.4 Å². The molecule has 0 unspecified atom stereocenters. The van der Waals surface area contributed by atoms with E-state index in [9.17, 15) is 18.8 Å². The molecular weight excluding hydrogens is 295 g/mol. The van der Waals surface area contributed by atoms with Crippen molar-refractivity contribution in [2.45, 2.75) is 13.5 Å². The first-order valence-corrected chi connectivity index (χ1v) is 6.22. The molecule has 0 radical (unpaired) electrons. The van der Waals surface area contributed by atoms with Crippen molar-refractivity contribution in [3.05, 3.63) is 41.1 Å². The Morgan fingerprint density at radius 3 is 2.64 bits per heavy atom. The van der Waals surface area contributed by atoms with Crippen molar-refractivity contribution in [1.29, 1.82) is 0 Å². The minimum atomic E-state index is -1.22. The van der Waals surface area contributed by atoms with Gasteiger partial charge in [0.15, 0.2) is 0 Å². The van der Waals surface area contributed by atoms with Gasteiger partial charge in [-0.1, -0.05) is 6.08 Å². The molecule has 0 fully saturated rings. The maximum absolute atomic E-state index is 13.3. The number of aromatic nitrogens is 1. The Bertz CT molecular complexity index is 630. The molecule has 0 aliphatic carbocycles. The number of halogens is 1. The Hall–Kier alpha value is -2.81. The summed E-state index contributed by atoms with van der Waals surface area (Å²) >= 11 is 0. The van der Waals surface area contributed by atoms with Crippen LogP contribution in [-0.2, 0) is 16.1 Å². The number of allylic oxidation sites excluding steroid dienone is 1. The second-order valence-corrected chi connectivity index (χ2v) is 4.06. The number of aliphatic carboxylic acids is 1. The van der Waals surface area contributed by atoms with Crippen molar-refractivity contribution in [3.63, 3.8) is 0 Å². The van der Waals surface area contributed by atoms with Gasteiger partial charge < -0.3 is 21.5 Å². The van der Waals surface area contributed by atoms with Crippen molar-refractivity contribution >= 4 is 17.8 Å². The number of amides is 2. The van der Waals surface area contributed by atoms with Crippen molar-refractivity contribution in [1.82, 2.24) is 15.6 Å². The van der Waals surface area contributed by atoms with Crippen molar-refractivity contribution in [3.8, 4) is 0 Å². The molecule has 9 heteroatoms. The molecule has 0 bridgehead atoms. The standard InChI is InChI=1S/C13H15FN4O4/c1-2-8(12(21)16-6-11(19)20)18-13(22)9-4-3-7(14)10(5-15)17-9/h2-4H,5-6,15H2,1H3,(H,16,21)(H,18,22)(H,19,20)/b8-2-. The van der Waals surface area contributed by atoms with Gasteiger partial charge in [0.25, 0.3) is 11.8 Å². The summed E-state index contributed by atoms with van der Waals surface area (Å²) in [6.45, 7) is 0.722. The van der Waals surface area contributed by atoms with Crippen LogP contribution in [0.5, 0.6) is 0 Å². The van der Waals surface area contributed by atoms with Crippen LogP contribution >= 0.6 is 0 Å². The second kappa shape index (κ2) is 7.84. The zero-order chi connectivity index (χ0) is 16.7. The van der Waals surface area contributed by atoms with Gasteiger partial charge in [-0.2, -0.15) is 0 Å². The highest BCUT2D eigenvalue weighted by molar-refractivity contribution is 6.02. The van der Waals surface area contributed by atoms with Gasteiger partial charge in [-0.15, -0.1) is 0 Å². The molecule has 1 heterocycles. The predicted octanol–water partition coefficient (Wildman–Crippen LogP) is -0.486. The number of carboxylic acids is 1. The maximum atomic E-state index is 13.3. The number of nitrogens with zero attached hydrogens (tertiary/aromatic N) is 1. The van der Waals surface area contributed by atoms with Crippen LogP contribution in [0.2, 0.25) is 0 Å². The summed E-state index contributed by atoms with van der Waals surface area (Å²) in [7, 11) is 0. The number of nitrogens with one attached hydrogen (secondary N) is 2. The Labute approximate surface area is 125 Å². The van der Waals surface area contributed by atoms with E-state index in [1.54, 1.807) is 0 Å². The molecule has 0 atom stereocenters. The zero-order valence-corrected chi connectivity index (χ0v) is 11.7. The number of hydrogen-bond donors (Lipinski definition) is 4. The number of pyridine rings is 1. The van der Waals surface area contributed by atoms with Crippen LogP contribution in [0, 0.1) is 5.82 Å². The topological polar surface area (TPSA) is 134 Å². The smallest absolute Gasteiger partial charge is 0.322 e. The molecule has 0 saturated carbocycles. The third kappa shape index (κ3) is 4.63. The Morgan fingerprint density at radius 2 is 2.09 bits per heavy atom. The summed E-state index contributed by atoms with van der Waals surface area (Å²) in [6, 6.07) is 2.19. The maximum Gasteiger partial charge on any atom is 0.322 e. The van der Waals surface area contributed by atoms with Gasteiger partial charge in [-0.05, 0) is 19.1 Å². The number of carbonyl (C=O) groups is 3. The largest absolute Gasteiger partial charge is 0.480 e. The summed E-state index contributed by atoms with van der Waals surface area (Å²) in [5.41, 5.74) is 4.95. The van der Waals surface area contributed by atoms with Crippen LogP contribution in [0.4, 0.5) is 4.39 Å². The normalized spacial score (nSPS) is 11.0. The van der Waals surface area contributed by atoms with Gasteiger partial charge in [-0.25, -0.2) is 9.37 Å². The molecule has 1 rings (SSSR count). The molecule has 8 nitrogen and oxygen atoms in total. The van der Waals surface area contributed by atoms with Crippen LogP contribution < -0.4 is 16.4 Å². The number of carboxylic acid groups (broad SMARTS) is 1. The molecule has 5 N–H and O–H groups in total. The van der Waals surface area contributed by atoms with Crippen LogP contribution in [0.3, 0.4) is 0 Å². The Morgan fingerprint density at radius 1 is 1.41 bits per heavy atom. The van der Waals surface area contributed by atoms with Gasteiger partial charge in [0.1, 0.15) is 23.8 Å². The first-order chi connectivity index (χ1) is 10.4. The first-order valence-electron chi connectivity index (χ1n) is 6.22. The lowest BCUT2D eigenvalue weighted by atomic mass is 10.2. The molecule has 0 spiro atoms. The third-order valence-electron chi connectivity index (χ3n) is 2.53. The summed E-state index contributed by atoms with van der Waals surface area (Å²) in [5, 5.41) is 12.8. The number of nitrogens with two attached hydrogens (primary N) is 1. The van der Waals surface area contributed by atoms with E-state index in [4.69, 9.17) is 10.8 Å². The van der Waals surface area contributed by atoms with Crippen LogP contribution in [0.15, 0.2) is 23.9 Å². The van der Waals surface area contributed by atoms with Gasteiger partial charge in [0.2, 0.25) is 0 Å². The molecule has 0 aliphatic rings. The third-order valence-corrected chi connectivity index (χ3v) is 2.53. The molecule has 22 heavy (non-hydrogen) atoms. The molecule has 118 valence electrons. The van der Waals surface area contributed by atoms with E-state index in [0.29, 0.717) is 0 Å². The zero-order valence-electron chi connectivity index (χ0n) is 11.7. The average molecular weight is 310 g/mol. The van der Waals surface area contributed by atoms with E-state index < -0.39 is 30.1 Å². The van der Waals surface area contributed by atoms with Gasteiger partial charge >= 0.3 is 5.97 Å². The second-order valence-electron chi connectivity index (χ2n) is 4.06. The highest BCUT2D eigenvalue weighted by Gasteiger charge is 2.16. The highest BCUT2D eigenvalue weighted by Crippen LogP contribution is 2.06. The minimum Gasteiger partial charge on any atom is -0.480 e.